The smallest absolute Gasteiger partial charge is 0.00578 e. The maximum atomic E-state index is 3.80. The molecule has 0 amide bonds. The van der Waals surface area contributed by atoms with Crippen molar-refractivity contribution in [2.24, 2.45) is 0 Å². The summed E-state index contributed by atoms with van der Waals surface area (Å²) in [5.41, 5.74) is 5.67. The molecule has 1 aliphatic rings. The molecule has 0 saturated heterocycles. The van der Waals surface area contributed by atoms with Gasteiger partial charge in [0.1, 0.15) is 0 Å². The molecule has 0 radical (unpaired) electrons. The highest BCUT2D eigenvalue weighted by molar-refractivity contribution is 5.57. The summed E-state index contributed by atoms with van der Waals surface area (Å²) < 4.78 is 0. The van der Waals surface area contributed by atoms with E-state index >= 15 is 0 Å². The van der Waals surface area contributed by atoms with Gasteiger partial charge in [-0.15, -0.1) is 6.58 Å². The molecule has 0 aromatic carbocycles. The molecule has 0 saturated carbocycles. The van der Waals surface area contributed by atoms with Crippen LogP contribution in [0.25, 0.3) is 0 Å². The van der Waals surface area contributed by atoms with Gasteiger partial charge in [-0.25, -0.2) is 0 Å². The normalized spacial score (nSPS) is 22.1. The molecule has 14 heavy (non-hydrogen) atoms. The van der Waals surface area contributed by atoms with Crippen molar-refractivity contribution in [3.63, 3.8) is 0 Å². The number of allylic oxidation sites excluding steroid dienone is 8. The van der Waals surface area contributed by atoms with Crippen molar-refractivity contribution in [1.82, 2.24) is 0 Å². The minimum Gasteiger partial charge on any atom is -0.103 e. The van der Waals surface area contributed by atoms with Gasteiger partial charge < -0.3 is 0 Å². The fourth-order valence-corrected chi connectivity index (χ4v) is 1.99. The molecule has 0 heterocycles. The number of hydrogen-bond donors (Lipinski definition) is 0. The Balaban J connectivity index is 3.06. The van der Waals surface area contributed by atoms with Crippen LogP contribution in [-0.2, 0) is 0 Å². The summed E-state index contributed by atoms with van der Waals surface area (Å²) in [6.45, 7) is 11.8. The van der Waals surface area contributed by atoms with Crippen LogP contribution in [0.15, 0.2) is 59.8 Å². The minimum absolute atomic E-state index is 0.972. The summed E-state index contributed by atoms with van der Waals surface area (Å²) in [5, 5.41) is 0. The maximum absolute atomic E-state index is 3.80. The van der Waals surface area contributed by atoms with Gasteiger partial charge in [0.2, 0.25) is 0 Å². The quantitative estimate of drug-likeness (QED) is 0.575. The fraction of sp³-hybridized carbons (Fsp3) is 0.286. The summed E-state index contributed by atoms with van der Waals surface area (Å²) in [5.74, 6) is 0. The predicted molar refractivity (Wildman–Crippen MR) is 64.2 cm³/mol. The zero-order valence-corrected chi connectivity index (χ0v) is 9.14. The molecule has 0 spiro atoms. The predicted octanol–water partition coefficient (Wildman–Crippen LogP) is 4.34. The average Bonchev–Trinajstić information content (AvgIpc) is 2.44. The molecular weight excluding hydrogens is 168 g/mol. The van der Waals surface area contributed by atoms with Gasteiger partial charge in [0.15, 0.2) is 0 Å². The Bertz CT molecular complexity index is 335. The molecule has 0 nitrogen and oxygen atoms in total. The first-order chi connectivity index (χ1) is 6.74. The summed E-state index contributed by atoms with van der Waals surface area (Å²) in [7, 11) is 0. The molecular formula is C14H18. The first kappa shape index (κ1) is 10.8. The molecule has 0 heteroatoms. The van der Waals surface area contributed by atoms with Gasteiger partial charge >= 0.3 is 0 Å². The van der Waals surface area contributed by atoms with Crippen LogP contribution in [0.3, 0.4) is 0 Å². The molecule has 1 rings (SSSR count). The third kappa shape index (κ3) is 1.95. The van der Waals surface area contributed by atoms with E-state index in [2.05, 4.69) is 39.2 Å². The van der Waals surface area contributed by atoms with Crippen LogP contribution in [-0.4, -0.2) is 0 Å². The highest BCUT2D eigenvalue weighted by atomic mass is 14.2. The van der Waals surface area contributed by atoms with E-state index < -0.39 is 0 Å². The Hall–Kier alpha value is -1.30. The van der Waals surface area contributed by atoms with Crippen molar-refractivity contribution in [3.05, 3.63) is 59.8 Å². The van der Waals surface area contributed by atoms with Crippen molar-refractivity contribution in [1.29, 1.82) is 0 Å². The Morgan fingerprint density at radius 1 is 1.36 bits per heavy atom. The van der Waals surface area contributed by atoms with Crippen LogP contribution in [0.4, 0.5) is 0 Å². The number of rotatable bonds is 3. The molecule has 0 unspecified atom stereocenters. The molecule has 0 atom stereocenters. The van der Waals surface area contributed by atoms with Crippen molar-refractivity contribution >= 4 is 0 Å². The Kier molecular flexibility index (Phi) is 3.70. The lowest BCUT2D eigenvalue weighted by molar-refractivity contribution is 1.17. The fourth-order valence-electron chi connectivity index (χ4n) is 1.99. The SMILES string of the molecule is C=C/C=C1/CC(C)=C(CC=C)/C1=C/C. The van der Waals surface area contributed by atoms with Crippen LogP contribution >= 0.6 is 0 Å². The van der Waals surface area contributed by atoms with Gasteiger partial charge in [-0.1, -0.05) is 36.5 Å². The van der Waals surface area contributed by atoms with Gasteiger partial charge in [0.05, 0.1) is 0 Å². The summed E-state index contributed by atoms with van der Waals surface area (Å²) in [6, 6.07) is 0. The zero-order chi connectivity index (χ0) is 10.6. The van der Waals surface area contributed by atoms with Crippen LogP contribution in [0.1, 0.15) is 26.7 Å². The monoisotopic (exact) mass is 186 g/mol. The molecule has 0 fully saturated rings. The molecule has 0 N–H and O–H groups in total. The third-order valence-corrected chi connectivity index (χ3v) is 2.60. The first-order valence-electron chi connectivity index (χ1n) is 5.02. The van der Waals surface area contributed by atoms with E-state index in [-0.39, 0.29) is 0 Å². The van der Waals surface area contributed by atoms with Crippen LogP contribution in [0, 0.1) is 0 Å². The lowest BCUT2D eigenvalue weighted by Gasteiger charge is -2.04. The summed E-state index contributed by atoms with van der Waals surface area (Å²) in [6.07, 6.45) is 10.2. The van der Waals surface area contributed by atoms with Crippen LogP contribution in [0.2, 0.25) is 0 Å². The van der Waals surface area contributed by atoms with E-state index in [4.69, 9.17) is 0 Å². The second-order valence-corrected chi connectivity index (χ2v) is 3.56. The highest BCUT2D eigenvalue weighted by Crippen LogP contribution is 2.37. The van der Waals surface area contributed by atoms with Crippen LogP contribution < -0.4 is 0 Å². The molecule has 0 bridgehead atoms. The molecule has 0 aromatic heterocycles. The van der Waals surface area contributed by atoms with Gasteiger partial charge in [-0.2, -0.15) is 0 Å². The van der Waals surface area contributed by atoms with E-state index in [1.807, 2.05) is 12.2 Å². The first-order valence-corrected chi connectivity index (χ1v) is 5.02. The van der Waals surface area contributed by atoms with E-state index in [1.54, 1.807) is 0 Å². The third-order valence-electron chi connectivity index (χ3n) is 2.60. The van der Waals surface area contributed by atoms with E-state index in [9.17, 15) is 0 Å². The van der Waals surface area contributed by atoms with Crippen LogP contribution in [0.5, 0.6) is 0 Å². The molecule has 0 aromatic rings. The Morgan fingerprint density at radius 2 is 2.07 bits per heavy atom. The summed E-state index contributed by atoms with van der Waals surface area (Å²) in [4.78, 5) is 0. The maximum Gasteiger partial charge on any atom is -0.00578 e. The minimum atomic E-state index is 0.972. The lowest BCUT2D eigenvalue weighted by atomic mass is 10.0. The molecule has 0 aliphatic heterocycles. The Labute approximate surface area is 87.0 Å². The lowest BCUT2D eigenvalue weighted by Crippen LogP contribution is -1.85. The molecule has 74 valence electrons. The van der Waals surface area contributed by atoms with E-state index in [1.165, 1.54) is 22.3 Å². The topological polar surface area (TPSA) is 0 Å². The Morgan fingerprint density at radius 3 is 2.57 bits per heavy atom. The second kappa shape index (κ2) is 4.80. The van der Waals surface area contributed by atoms with Gasteiger partial charge in [-0.3, -0.25) is 0 Å². The van der Waals surface area contributed by atoms with Gasteiger partial charge in [0.25, 0.3) is 0 Å². The average molecular weight is 186 g/mol. The standard InChI is InChI=1S/C14H18/c1-5-8-12-10-11(4)14(9-6-2)13(12)7-3/h5-8H,1-2,9-10H2,3-4H3/b12-8-,13-7+. The summed E-state index contributed by atoms with van der Waals surface area (Å²) >= 11 is 0. The largest absolute Gasteiger partial charge is 0.103 e. The highest BCUT2D eigenvalue weighted by Gasteiger charge is 2.18. The van der Waals surface area contributed by atoms with Gasteiger partial charge in [-0.05, 0) is 43.4 Å². The molecule has 1 aliphatic carbocycles. The van der Waals surface area contributed by atoms with E-state index in [0.717, 1.165) is 12.8 Å². The van der Waals surface area contributed by atoms with E-state index in [0.29, 0.717) is 0 Å². The zero-order valence-electron chi connectivity index (χ0n) is 9.14. The van der Waals surface area contributed by atoms with Crippen molar-refractivity contribution in [2.75, 3.05) is 0 Å². The van der Waals surface area contributed by atoms with Crippen molar-refractivity contribution in [2.45, 2.75) is 26.7 Å². The van der Waals surface area contributed by atoms with Crippen molar-refractivity contribution in [3.8, 4) is 0 Å². The second-order valence-electron chi connectivity index (χ2n) is 3.56. The van der Waals surface area contributed by atoms with Gasteiger partial charge in [0, 0.05) is 0 Å². The number of hydrogen-bond acceptors (Lipinski definition) is 0. The van der Waals surface area contributed by atoms with Crippen molar-refractivity contribution < 1.29 is 0 Å².